The summed E-state index contributed by atoms with van der Waals surface area (Å²) in [5.41, 5.74) is 1.64. The summed E-state index contributed by atoms with van der Waals surface area (Å²) in [5.74, 6) is 1.41. The Balaban J connectivity index is 1.41. The number of hydrogen-bond donors (Lipinski definition) is 0. The second-order valence-electron chi connectivity index (χ2n) is 8.55. The van der Waals surface area contributed by atoms with Gasteiger partial charge in [-0.3, -0.25) is 9.69 Å². The third kappa shape index (κ3) is 4.40. The normalized spacial score (nSPS) is 18.7. The number of hydrogen-bond acceptors (Lipinski definition) is 4. The minimum atomic E-state index is -0.487. The fourth-order valence-electron chi connectivity index (χ4n) is 5.02. The molecule has 2 fully saturated rings. The first kappa shape index (κ1) is 21.6. The SMILES string of the molecule is COc1ccc(CN2CCN(C(=O)C3(c4ccc(F)cc4)CCCC3)CC2)cc1OC. The number of piperazine rings is 1. The van der Waals surface area contributed by atoms with Gasteiger partial charge in [-0.05, 0) is 48.2 Å². The van der Waals surface area contributed by atoms with Crippen LogP contribution in [0.3, 0.4) is 0 Å². The van der Waals surface area contributed by atoms with Crippen LogP contribution in [0.25, 0.3) is 0 Å². The molecule has 1 heterocycles. The van der Waals surface area contributed by atoms with Crippen molar-refractivity contribution in [1.29, 1.82) is 0 Å². The molecular weight excluding hydrogens is 395 g/mol. The summed E-state index contributed by atoms with van der Waals surface area (Å²) in [7, 11) is 3.28. The standard InChI is InChI=1S/C25H31FN2O3/c1-30-22-10-5-19(17-23(22)31-2)18-27-13-15-28(16-14-27)24(29)25(11-3-4-12-25)20-6-8-21(26)9-7-20/h5-10,17H,3-4,11-16,18H2,1-2H3. The van der Waals surface area contributed by atoms with E-state index in [0.29, 0.717) is 0 Å². The molecular formula is C25H31FN2O3. The lowest BCUT2D eigenvalue weighted by Crippen LogP contribution is -2.53. The minimum absolute atomic E-state index is 0.211. The summed E-state index contributed by atoms with van der Waals surface area (Å²) in [5, 5.41) is 0. The predicted octanol–water partition coefficient (Wildman–Crippen LogP) is 4.00. The number of carbonyl (C=O) groups excluding carboxylic acids is 1. The van der Waals surface area contributed by atoms with Gasteiger partial charge >= 0.3 is 0 Å². The zero-order chi connectivity index (χ0) is 21.8. The number of benzene rings is 2. The first-order chi connectivity index (χ1) is 15.1. The Morgan fingerprint density at radius 1 is 0.935 bits per heavy atom. The quantitative estimate of drug-likeness (QED) is 0.700. The molecule has 2 aromatic carbocycles. The van der Waals surface area contributed by atoms with E-state index in [2.05, 4.69) is 11.0 Å². The topological polar surface area (TPSA) is 42.0 Å². The van der Waals surface area contributed by atoms with Crippen molar-refractivity contribution in [2.24, 2.45) is 0 Å². The molecule has 4 rings (SSSR count). The van der Waals surface area contributed by atoms with Crippen LogP contribution in [-0.4, -0.2) is 56.1 Å². The van der Waals surface area contributed by atoms with E-state index in [0.717, 1.165) is 81.0 Å². The van der Waals surface area contributed by atoms with Crippen LogP contribution in [0.4, 0.5) is 4.39 Å². The Bertz CT molecular complexity index is 901. The molecule has 0 N–H and O–H groups in total. The van der Waals surface area contributed by atoms with Gasteiger partial charge < -0.3 is 14.4 Å². The summed E-state index contributed by atoms with van der Waals surface area (Å²) in [4.78, 5) is 18.0. The highest BCUT2D eigenvalue weighted by molar-refractivity contribution is 5.88. The molecule has 1 amide bonds. The van der Waals surface area contributed by atoms with Crippen LogP contribution in [0, 0.1) is 5.82 Å². The summed E-state index contributed by atoms with van der Waals surface area (Å²) >= 11 is 0. The van der Waals surface area contributed by atoms with Gasteiger partial charge in [0.15, 0.2) is 11.5 Å². The van der Waals surface area contributed by atoms with Crippen LogP contribution < -0.4 is 9.47 Å². The molecule has 0 unspecified atom stereocenters. The van der Waals surface area contributed by atoms with Gasteiger partial charge in [0.25, 0.3) is 0 Å². The number of rotatable bonds is 6. The highest BCUT2D eigenvalue weighted by Gasteiger charge is 2.45. The summed E-state index contributed by atoms with van der Waals surface area (Å²) in [6, 6.07) is 12.5. The molecule has 0 bridgehead atoms. The van der Waals surface area contributed by atoms with Crippen molar-refractivity contribution in [3.63, 3.8) is 0 Å². The Labute approximate surface area is 183 Å². The van der Waals surface area contributed by atoms with E-state index in [1.54, 1.807) is 26.4 Å². The van der Waals surface area contributed by atoms with Gasteiger partial charge in [0.1, 0.15) is 5.82 Å². The summed E-state index contributed by atoms with van der Waals surface area (Å²) < 4.78 is 24.2. The zero-order valence-corrected chi connectivity index (χ0v) is 18.4. The van der Waals surface area contributed by atoms with Crippen LogP contribution >= 0.6 is 0 Å². The van der Waals surface area contributed by atoms with E-state index in [-0.39, 0.29) is 11.7 Å². The smallest absolute Gasteiger partial charge is 0.233 e. The lowest BCUT2D eigenvalue weighted by atomic mass is 9.77. The average Bonchev–Trinajstić information content (AvgIpc) is 3.30. The van der Waals surface area contributed by atoms with Gasteiger partial charge in [-0.2, -0.15) is 0 Å². The van der Waals surface area contributed by atoms with Crippen molar-refractivity contribution < 1.29 is 18.7 Å². The molecule has 2 aliphatic rings. The Morgan fingerprint density at radius 2 is 1.58 bits per heavy atom. The number of ether oxygens (including phenoxy) is 2. The van der Waals surface area contributed by atoms with Crippen molar-refractivity contribution in [2.45, 2.75) is 37.6 Å². The maximum atomic E-state index is 13.6. The fraction of sp³-hybridized carbons (Fsp3) is 0.480. The van der Waals surface area contributed by atoms with Crippen molar-refractivity contribution in [1.82, 2.24) is 9.80 Å². The van der Waals surface area contributed by atoms with Crippen LogP contribution in [0.2, 0.25) is 0 Å². The molecule has 1 saturated carbocycles. The van der Waals surface area contributed by atoms with Gasteiger partial charge in [-0.15, -0.1) is 0 Å². The average molecular weight is 427 g/mol. The largest absolute Gasteiger partial charge is 0.493 e. The first-order valence-corrected chi connectivity index (χ1v) is 11.0. The maximum absolute atomic E-state index is 13.6. The molecule has 166 valence electrons. The van der Waals surface area contributed by atoms with Crippen LogP contribution in [0.5, 0.6) is 11.5 Å². The highest BCUT2D eigenvalue weighted by atomic mass is 19.1. The van der Waals surface area contributed by atoms with Gasteiger partial charge in [-0.25, -0.2) is 4.39 Å². The fourth-order valence-corrected chi connectivity index (χ4v) is 5.02. The van der Waals surface area contributed by atoms with Gasteiger partial charge in [0, 0.05) is 32.7 Å². The highest BCUT2D eigenvalue weighted by Crippen LogP contribution is 2.43. The maximum Gasteiger partial charge on any atom is 0.233 e. The number of halogens is 1. The monoisotopic (exact) mass is 426 g/mol. The molecule has 1 saturated heterocycles. The summed E-state index contributed by atoms with van der Waals surface area (Å²) in [6.07, 6.45) is 3.79. The van der Waals surface area contributed by atoms with Crippen molar-refractivity contribution in [3.05, 3.63) is 59.4 Å². The second-order valence-corrected chi connectivity index (χ2v) is 8.55. The van der Waals surface area contributed by atoms with Crippen molar-refractivity contribution in [2.75, 3.05) is 40.4 Å². The number of nitrogens with zero attached hydrogens (tertiary/aromatic N) is 2. The Kier molecular flexibility index (Phi) is 6.46. The van der Waals surface area contributed by atoms with E-state index in [1.807, 2.05) is 17.0 Å². The van der Waals surface area contributed by atoms with E-state index in [9.17, 15) is 9.18 Å². The number of methoxy groups -OCH3 is 2. The molecule has 6 heteroatoms. The van der Waals surface area contributed by atoms with Crippen LogP contribution in [-0.2, 0) is 16.8 Å². The third-order valence-electron chi connectivity index (χ3n) is 6.78. The minimum Gasteiger partial charge on any atom is -0.493 e. The molecule has 0 aromatic heterocycles. The Morgan fingerprint density at radius 3 is 2.19 bits per heavy atom. The molecule has 0 radical (unpaired) electrons. The predicted molar refractivity (Wildman–Crippen MR) is 118 cm³/mol. The van der Waals surface area contributed by atoms with Gasteiger partial charge in [0.05, 0.1) is 19.6 Å². The zero-order valence-electron chi connectivity index (χ0n) is 18.4. The molecule has 0 spiro atoms. The van der Waals surface area contributed by atoms with Gasteiger partial charge in [0.2, 0.25) is 5.91 Å². The molecule has 31 heavy (non-hydrogen) atoms. The third-order valence-corrected chi connectivity index (χ3v) is 6.78. The molecule has 2 aromatic rings. The lowest BCUT2D eigenvalue weighted by molar-refractivity contribution is -0.139. The van der Waals surface area contributed by atoms with E-state index >= 15 is 0 Å². The molecule has 1 aliphatic heterocycles. The number of amides is 1. The molecule has 1 aliphatic carbocycles. The summed E-state index contributed by atoms with van der Waals surface area (Å²) in [6.45, 7) is 3.91. The van der Waals surface area contributed by atoms with Gasteiger partial charge in [-0.1, -0.05) is 31.0 Å². The van der Waals surface area contributed by atoms with Crippen LogP contribution in [0.1, 0.15) is 36.8 Å². The van der Waals surface area contributed by atoms with Crippen molar-refractivity contribution >= 4 is 5.91 Å². The molecule has 5 nitrogen and oxygen atoms in total. The second kappa shape index (κ2) is 9.27. The number of carbonyl (C=O) groups is 1. The first-order valence-electron chi connectivity index (χ1n) is 11.0. The van der Waals surface area contributed by atoms with E-state index in [1.165, 1.54) is 12.1 Å². The van der Waals surface area contributed by atoms with Crippen molar-refractivity contribution in [3.8, 4) is 11.5 Å². The lowest BCUT2D eigenvalue weighted by Gasteiger charge is -2.40. The van der Waals surface area contributed by atoms with E-state index < -0.39 is 5.41 Å². The van der Waals surface area contributed by atoms with E-state index in [4.69, 9.17) is 9.47 Å². The molecule has 0 atom stereocenters. The Hall–Kier alpha value is -2.60. The van der Waals surface area contributed by atoms with Crippen LogP contribution in [0.15, 0.2) is 42.5 Å².